The molecule has 1 saturated heterocycles. The molecule has 0 amide bonds. The van der Waals surface area contributed by atoms with Gasteiger partial charge in [0.05, 0.1) is 4.90 Å². The Balaban J connectivity index is 2.17. The van der Waals surface area contributed by atoms with Crippen LogP contribution in [0.2, 0.25) is 0 Å². The lowest BCUT2D eigenvalue weighted by molar-refractivity contribution is 0.200. The second-order valence-electron chi connectivity index (χ2n) is 5.52. The summed E-state index contributed by atoms with van der Waals surface area (Å²) in [7, 11) is -3.49. The van der Waals surface area contributed by atoms with E-state index >= 15 is 0 Å². The van der Waals surface area contributed by atoms with E-state index in [0.717, 1.165) is 43.6 Å². The molecule has 118 valence electrons. The summed E-state index contributed by atoms with van der Waals surface area (Å²) < 4.78 is 25.1. The number of hydrogen-bond acceptors (Lipinski definition) is 4. The molecular formula is C15H25N3O2S. The van der Waals surface area contributed by atoms with Gasteiger partial charge < -0.3 is 5.32 Å². The SMILES string of the molecule is CCNCc1ccc(C)c(S(=O)(=O)NN2CCCCC2)c1. The van der Waals surface area contributed by atoms with Gasteiger partial charge in [0.25, 0.3) is 10.0 Å². The molecule has 1 aromatic carbocycles. The van der Waals surface area contributed by atoms with Gasteiger partial charge in [-0.2, -0.15) is 0 Å². The first kappa shape index (κ1) is 16.4. The van der Waals surface area contributed by atoms with Crippen molar-refractivity contribution < 1.29 is 8.42 Å². The summed E-state index contributed by atoms with van der Waals surface area (Å²) in [5.41, 5.74) is 1.77. The maximum Gasteiger partial charge on any atom is 0.253 e. The van der Waals surface area contributed by atoms with Crippen LogP contribution in [0.5, 0.6) is 0 Å². The van der Waals surface area contributed by atoms with Crippen LogP contribution < -0.4 is 10.1 Å². The van der Waals surface area contributed by atoms with E-state index in [-0.39, 0.29) is 0 Å². The lowest BCUT2D eigenvalue weighted by Gasteiger charge is -2.27. The van der Waals surface area contributed by atoms with E-state index in [9.17, 15) is 8.42 Å². The van der Waals surface area contributed by atoms with Crippen molar-refractivity contribution in [2.75, 3.05) is 19.6 Å². The van der Waals surface area contributed by atoms with Crippen LogP contribution in [0.25, 0.3) is 0 Å². The molecule has 5 nitrogen and oxygen atoms in total. The summed E-state index contributed by atoms with van der Waals surface area (Å²) in [5.74, 6) is 0. The molecule has 0 atom stereocenters. The standard InChI is InChI=1S/C15H25N3O2S/c1-3-16-12-14-8-7-13(2)15(11-14)21(19,20)17-18-9-5-4-6-10-18/h7-8,11,16-17H,3-6,9-10,12H2,1-2H3. The van der Waals surface area contributed by atoms with E-state index in [2.05, 4.69) is 10.1 Å². The van der Waals surface area contributed by atoms with E-state index in [0.29, 0.717) is 11.4 Å². The summed E-state index contributed by atoms with van der Waals surface area (Å²) in [6.45, 7) is 6.99. The zero-order valence-corrected chi connectivity index (χ0v) is 13.7. The first-order valence-electron chi connectivity index (χ1n) is 7.60. The molecule has 1 aliphatic heterocycles. The molecule has 0 unspecified atom stereocenters. The van der Waals surface area contributed by atoms with Crippen LogP contribution in [0.1, 0.15) is 37.3 Å². The number of hydrazine groups is 1. The largest absolute Gasteiger partial charge is 0.313 e. The summed E-state index contributed by atoms with van der Waals surface area (Å²) in [6, 6.07) is 5.61. The zero-order chi connectivity index (χ0) is 15.3. The van der Waals surface area contributed by atoms with Crippen molar-refractivity contribution in [3.05, 3.63) is 29.3 Å². The molecule has 21 heavy (non-hydrogen) atoms. The van der Waals surface area contributed by atoms with E-state index < -0.39 is 10.0 Å². The minimum atomic E-state index is -3.49. The van der Waals surface area contributed by atoms with Crippen LogP contribution in [0.15, 0.2) is 23.1 Å². The Bertz CT molecular complexity index is 566. The van der Waals surface area contributed by atoms with Crippen molar-refractivity contribution in [2.45, 2.75) is 44.6 Å². The molecule has 2 N–H and O–H groups in total. The normalized spacial score (nSPS) is 17.0. The fraction of sp³-hybridized carbons (Fsp3) is 0.600. The van der Waals surface area contributed by atoms with Crippen LogP contribution in [0, 0.1) is 6.92 Å². The van der Waals surface area contributed by atoms with E-state index in [1.165, 1.54) is 6.42 Å². The molecule has 0 bridgehead atoms. The van der Waals surface area contributed by atoms with Gasteiger partial charge in [-0.05, 0) is 43.5 Å². The van der Waals surface area contributed by atoms with Crippen LogP contribution in [-0.2, 0) is 16.6 Å². The minimum absolute atomic E-state index is 0.378. The van der Waals surface area contributed by atoms with Gasteiger partial charge in [0.15, 0.2) is 0 Å². The third kappa shape index (κ3) is 4.51. The maximum atomic E-state index is 12.6. The molecule has 0 radical (unpaired) electrons. The predicted octanol–water partition coefficient (Wildman–Crippen LogP) is 1.78. The van der Waals surface area contributed by atoms with Crippen molar-refractivity contribution in [1.29, 1.82) is 0 Å². The fourth-order valence-electron chi connectivity index (χ4n) is 2.52. The first-order chi connectivity index (χ1) is 10.0. The van der Waals surface area contributed by atoms with Crippen molar-refractivity contribution >= 4 is 10.0 Å². The Labute approximate surface area is 127 Å². The monoisotopic (exact) mass is 311 g/mol. The maximum absolute atomic E-state index is 12.6. The topological polar surface area (TPSA) is 61.4 Å². The number of nitrogens with one attached hydrogen (secondary N) is 2. The highest BCUT2D eigenvalue weighted by Gasteiger charge is 2.21. The van der Waals surface area contributed by atoms with Gasteiger partial charge in [-0.25, -0.2) is 13.4 Å². The molecule has 6 heteroatoms. The van der Waals surface area contributed by atoms with E-state index in [1.54, 1.807) is 6.07 Å². The zero-order valence-electron chi connectivity index (χ0n) is 12.9. The highest BCUT2D eigenvalue weighted by Crippen LogP contribution is 2.18. The summed E-state index contributed by atoms with van der Waals surface area (Å²) >= 11 is 0. The predicted molar refractivity (Wildman–Crippen MR) is 84.3 cm³/mol. The van der Waals surface area contributed by atoms with Gasteiger partial charge in [-0.3, -0.25) is 0 Å². The highest BCUT2D eigenvalue weighted by molar-refractivity contribution is 7.89. The summed E-state index contributed by atoms with van der Waals surface area (Å²) in [6.07, 6.45) is 3.26. The van der Waals surface area contributed by atoms with Crippen molar-refractivity contribution in [2.24, 2.45) is 0 Å². The smallest absolute Gasteiger partial charge is 0.253 e. The second kappa shape index (κ2) is 7.35. The summed E-state index contributed by atoms with van der Waals surface area (Å²) in [4.78, 5) is 3.10. The molecule has 1 aromatic rings. The lowest BCUT2D eigenvalue weighted by Crippen LogP contribution is -2.45. The summed E-state index contributed by atoms with van der Waals surface area (Å²) in [5, 5.41) is 5.03. The first-order valence-corrected chi connectivity index (χ1v) is 9.09. The van der Waals surface area contributed by atoms with Gasteiger partial charge in [0.2, 0.25) is 0 Å². The van der Waals surface area contributed by atoms with Crippen molar-refractivity contribution in [3.8, 4) is 0 Å². The number of piperidine rings is 1. The second-order valence-corrected chi connectivity index (χ2v) is 7.15. The lowest BCUT2D eigenvalue weighted by atomic mass is 10.1. The number of hydrogen-bond donors (Lipinski definition) is 2. The minimum Gasteiger partial charge on any atom is -0.313 e. The van der Waals surface area contributed by atoms with Crippen LogP contribution >= 0.6 is 0 Å². The van der Waals surface area contributed by atoms with Gasteiger partial charge >= 0.3 is 0 Å². The van der Waals surface area contributed by atoms with Crippen LogP contribution in [0.3, 0.4) is 0 Å². The molecular weight excluding hydrogens is 286 g/mol. The Morgan fingerprint density at radius 3 is 2.57 bits per heavy atom. The number of nitrogens with zero attached hydrogens (tertiary/aromatic N) is 1. The molecule has 0 aromatic heterocycles. The average Bonchev–Trinajstić information content (AvgIpc) is 2.47. The highest BCUT2D eigenvalue weighted by atomic mass is 32.2. The van der Waals surface area contributed by atoms with Crippen LogP contribution in [0.4, 0.5) is 0 Å². The Kier molecular flexibility index (Phi) is 5.75. The van der Waals surface area contributed by atoms with Gasteiger partial charge in [-0.1, -0.05) is 25.5 Å². The van der Waals surface area contributed by atoms with E-state index in [1.807, 2.05) is 31.0 Å². The van der Waals surface area contributed by atoms with Gasteiger partial charge in [-0.15, -0.1) is 4.83 Å². The Morgan fingerprint density at radius 1 is 1.19 bits per heavy atom. The molecule has 0 aliphatic carbocycles. The third-order valence-electron chi connectivity index (χ3n) is 3.73. The van der Waals surface area contributed by atoms with Gasteiger partial charge in [0.1, 0.15) is 0 Å². The third-order valence-corrected chi connectivity index (χ3v) is 5.24. The molecule has 0 saturated carbocycles. The molecule has 1 heterocycles. The number of aryl methyl sites for hydroxylation is 1. The average molecular weight is 311 g/mol. The number of sulfonamides is 1. The number of rotatable bonds is 6. The Morgan fingerprint density at radius 2 is 1.90 bits per heavy atom. The fourth-order valence-corrected chi connectivity index (χ4v) is 3.94. The quantitative estimate of drug-likeness (QED) is 0.841. The van der Waals surface area contributed by atoms with Crippen LogP contribution in [-0.4, -0.2) is 33.1 Å². The van der Waals surface area contributed by atoms with Crippen molar-refractivity contribution in [3.63, 3.8) is 0 Å². The van der Waals surface area contributed by atoms with Crippen molar-refractivity contribution in [1.82, 2.24) is 15.2 Å². The van der Waals surface area contributed by atoms with Gasteiger partial charge in [0, 0.05) is 19.6 Å². The Hall–Kier alpha value is -0.950. The van der Waals surface area contributed by atoms with E-state index in [4.69, 9.17) is 0 Å². The molecule has 1 aliphatic rings. The molecule has 0 spiro atoms. The number of benzene rings is 1. The molecule has 2 rings (SSSR count). The molecule has 1 fully saturated rings.